The molecule has 1 aliphatic rings. The fourth-order valence-electron chi connectivity index (χ4n) is 2.09. The number of carbonyl (C=O) groups is 1. The van der Waals surface area contributed by atoms with Crippen molar-refractivity contribution in [3.05, 3.63) is 23.8 Å². The Morgan fingerprint density at radius 2 is 1.90 bits per heavy atom. The molecule has 0 heterocycles. The Balaban J connectivity index is 2.19. The lowest BCUT2D eigenvalue weighted by atomic mass is 10.1. The molecular weight excluding hydrogens is 274 g/mol. The van der Waals surface area contributed by atoms with E-state index in [1.54, 1.807) is 18.2 Å². The summed E-state index contributed by atoms with van der Waals surface area (Å²) in [4.78, 5) is 12.3. The van der Waals surface area contributed by atoms with Crippen LogP contribution in [0.25, 0.3) is 0 Å². The van der Waals surface area contributed by atoms with Gasteiger partial charge in [0.05, 0.1) is 20.3 Å². The molecule has 1 aromatic carbocycles. The minimum atomic E-state index is -0.459. The van der Waals surface area contributed by atoms with E-state index in [1.807, 2.05) is 0 Å². The molecule has 2 rings (SSSR count). The summed E-state index contributed by atoms with van der Waals surface area (Å²) in [6.45, 7) is 0. The number of amidine groups is 1. The van der Waals surface area contributed by atoms with E-state index >= 15 is 0 Å². The maximum atomic E-state index is 12.3. The van der Waals surface area contributed by atoms with Crippen LogP contribution in [-0.4, -0.2) is 37.2 Å². The van der Waals surface area contributed by atoms with Gasteiger partial charge in [0.25, 0.3) is 5.91 Å². The summed E-state index contributed by atoms with van der Waals surface area (Å²) in [6, 6.07) is 4.43. The van der Waals surface area contributed by atoms with Crippen molar-refractivity contribution in [3.8, 4) is 11.5 Å². The molecule has 0 bridgehead atoms. The fourth-order valence-corrected chi connectivity index (χ4v) is 2.09. The van der Waals surface area contributed by atoms with Crippen LogP contribution in [-0.2, 0) is 0 Å². The third kappa shape index (κ3) is 3.56. The number of carbonyl (C=O) groups excluding carboxylic acids is 1. The van der Waals surface area contributed by atoms with Gasteiger partial charge >= 0.3 is 0 Å². The van der Waals surface area contributed by atoms with Crippen LogP contribution in [0.3, 0.4) is 0 Å². The maximum absolute atomic E-state index is 12.3. The molecule has 1 fully saturated rings. The predicted octanol–water partition coefficient (Wildman–Crippen LogP) is 0.959. The molecule has 0 aliphatic heterocycles. The van der Waals surface area contributed by atoms with Crippen LogP contribution in [0, 0.1) is 5.92 Å². The zero-order valence-electron chi connectivity index (χ0n) is 12.0. The molecule has 1 unspecified atom stereocenters. The van der Waals surface area contributed by atoms with Crippen LogP contribution in [0.1, 0.15) is 23.2 Å². The van der Waals surface area contributed by atoms with Crippen LogP contribution in [0.4, 0.5) is 0 Å². The first-order valence-corrected chi connectivity index (χ1v) is 6.60. The Morgan fingerprint density at radius 3 is 2.33 bits per heavy atom. The Hall–Kier alpha value is -2.44. The summed E-state index contributed by atoms with van der Waals surface area (Å²) in [5, 5.41) is 14.6. The van der Waals surface area contributed by atoms with Gasteiger partial charge in [-0.15, -0.1) is 0 Å². The molecule has 4 N–H and O–H groups in total. The number of oxime groups is 1. The fraction of sp³-hybridized carbons (Fsp3) is 0.429. The first-order valence-electron chi connectivity index (χ1n) is 6.60. The summed E-state index contributed by atoms with van der Waals surface area (Å²) in [7, 11) is 3.03. The van der Waals surface area contributed by atoms with Crippen LogP contribution in [0.2, 0.25) is 0 Å². The lowest BCUT2D eigenvalue weighted by molar-refractivity contribution is 0.0942. The van der Waals surface area contributed by atoms with Crippen molar-refractivity contribution >= 4 is 11.7 Å². The summed E-state index contributed by atoms with van der Waals surface area (Å²) in [5.41, 5.74) is 6.02. The number of nitrogens with zero attached hydrogens (tertiary/aromatic N) is 1. The molecule has 114 valence electrons. The summed E-state index contributed by atoms with van der Waals surface area (Å²) in [5.74, 6) is 0.950. The second kappa shape index (κ2) is 6.34. The van der Waals surface area contributed by atoms with E-state index in [4.69, 9.17) is 20.4 Å². The van der Waals surface area contributed by atoms with Crippen molar-refractivity contribution in [2.75, 3.05) is 14.2 Å². The van der Waals surface area contributed by atoms with E-state index < -0.39 is 6.04 Å². The van der Waals surface area contributed by atoms with E-state index in [0.29, 0.717) is 17.1 Å². The van der Waals surface area contributed by atoms with Crippen LogP contribution < -0.4 is 20.5 Å². The standard InChI is InChI=1S/C14H19N3O4/c1-20-10-5-9(6-11(7-10)21-2)14(18)16-12(8-3-4-8)13(15)17-19/h5-8,12,19H,3-4H2,1-2H3,(H2,15,17)(H,16,18). The zero-order chi connectivity index (χ0) is 15.4. The minimum Gasteiger partial charge on any atom is -0.497 e. The Bertz CT molecular complexity index is 533. The van der Waals surface area contributed by atoms with E-state index in [1.165, 1.54) is 14.2 Å². The smallest absolute Gasteiger partial charge is 0.252 e. The van der Waals surface area contributed by atoms with Gasteiger partial charge in [-0.2, -0.15) is 0 Å². The summed E-state index contributed by atoms with van der Waals surface area (Å²) in [6.07, 6.45) is 1.89. The molecule has 1 aromatic rings. The van der Waals surface area contributed by atoms with E-state index in [9.17, 15) is 4.79 Å². The van der Waals surface area contributed by atoms with Gasteiger partial charge in [0.1, 0.15) is 11.5 Å². The quantitative estimate of drug-likeness (QED) is 0.313. The van der Waals surface area contributed by atoms with Gasteiger partial charge in [0.2, 0.25) is 0 Å². The molecule has 1 aliphatic carbocycles. The highest BCUT2D eigenvalue weighted by molar-refractivity contribution is 5.99. The van der Waals surface area contributed by atoms with E-state index in [2.05, 4.69) is 10.5 Å². The molecule has 0 aromatic heterocycles. The molecule has 7 heteroatoms. The predicted molar refractivity (Wildman–Crippen MR) is 76.9 cm³/mol. The van der Waals surface area contributed by atoms with Crippen molar-refractivity contribution in [2.24, 2.45) is 16.8 Å². The van der Waals surface area contributed by atoms with Crippen molar-refractivity contribution < 1.29 is 19.5 Å². The number of hydrogen-bond acceptors (Lipinski definition) is 5. The highest BCUT2D eigenvalue weighted by atomic mass is 16.5. The molecule has 1 saturated carbocycles. The van der Waals surface area contributed by atoms with Gasteiger partial charge in [0.15, 0.2) is 5.84 Å². The van der Waals surface area contributed by atoms with Crippen LogP contribution >= 0.6 is 0 Å². The van der Waals surface area contributed by atoms with Gasteiger partial charge in [0, 0.05) is 11.6 Å². The first kappa shape index (κ1) is 15.0. The highest BCUT2D eigenvalue weighted by Crippen LogP contribution is 2.33. The zero-order valence-corrected chi connectivity index (χ0v) is 12.0. The molecule has 0 saturated heterocycles. The number of nitrogens with two attached hydrogens (primary N) is 1. The second-order valence-electron chi connectivity index (χ2n) is 4.91. The van der Waals surface area contributed by atoms with Crippen LogP contribution in [0.15, 0.2) is 23.4 Å². The molecular formula is C14H19N3O4. The number of ether oxygens (including phenoxy) is 2. The number of hydrogen-bond donors (Lipinski definition) is 3. The van der Waals surface area contributed by atoms with Crippen molar-refractivity contribution in [1.29, 1.82) is 0 Å². The van der Waals surface area contributed by atoms with Gasteiger partial charge in [-0.05, 0) is 30.9 Å². The SMILES string of the molecule is COc1cc(OC)cc(C(=O)NC(C(N)=NO)C2CC2)c1. The number of methoxy groups -OCH3 is 2. The topological polar surface area (TPSA) is 106 Å². The Kier molecular flexibility index (Phi) is 4.52. The molecule has 1 atom stereocenters. The molecule has 7 nitrogen and oxygen atoms in total. The van der Waals surface area contributed by atoms with Crippen LogP contribution in [0.5, 0.6) is 11.5 Å². The second-order valence-corrected chi connectivity index (χ2v) is 4.91. The third-order valence-corrected chi connectivity index (χ3v) is 3.43. The average molecular weight is 293 g/mol. The minimum absolute atomic E-state index is 0.0145. The Morgan fingerprint density at radius 1 is 1.33 bits per heavy atom. The normalized spacial score (nSPS) is 16.2. The van der Waals surface area contributed by atoms with Gasteiger partial charge < -0.3 is 25.7 Å². The molecule has 0 spiro atoms. The van der Waals surface area contributed by atoms with Gasteiger partial charge in [-0.25, -0.2) is 0 Å². The molecule has 1 amide bonds. The molecule has 21 heavy (non-hydrogen) atoms. The van der Waals surface area contributed by atoms with Gasteiger partial charge in [-0.1, -0.05) is 5.16 Å². The van der Waals surface area contributed by atoms with Crippen molar-refractivity contribution in [3.63, 3.8) is 0 Å². The Labute approximate surface area is 122 Å². The lowest BCUT2D eigenvalue weighted by Gasteiger charge is -2.17. The largest absolute Gasteiger partial charge is 0.497 e. The highest BCUT2D eigenvalue weighted by Gasteiger charge is 2.35. The summed E-state index contributed by atoms with van der Waals surface area (Å²) < 4.78 is 10.3. The van der Waals surface area contributed by atoms with Crippen molar-refractivity contribution in [1.82, 2.24) is 5.32 Å². The number of nitrogens with one attached hydrogen (secondary N) is 1. The average Bonchev–Trinajstić information content (AvgIpc) is 3.35. The van der Waals surface area contributed by atoms with Crippen molar-refractivity contribution in [2.45, 2.75) is 18.9 Å². The molecule has 0 radical (unpaired) electrons. The van der Waals surface area contributed by atoms with Gasteiger partial charge in [-0.3, -0.25) is 4.79 Å². The number of benzene rings is 1. The maximum Gasteiger partial charge on any atom is 0.252 e. The third-order valence-electron chi connectivity index (χ3n) is 3.43. The number of amides is 1. The van der Waals surface area contributed by atoms with E-state index in [0.717, 1.165) is 12.8 Å². The van der Waals surface area contributed by atoms with E-state index in [-0.39, 0.29) is 17.7 Å². The lowest BCUT2D eigenvalue weighted by Crippen LogP contribution is -2.46. The first-order chi connectivity index (χ1) is 10.1. The summed E-state index contributed by atoms with van der Waals surface area (Å²) >= 11 is 0. The monoisotopic (exact) mass is 293 g/mol. The number of rotatable bonds is 6.